The third-order valence-corrected chi connectivity index (χ3v) is 4.58. The molecule has 3 aromatic rings. The lowest BCUT2D eigenvalue weighted by molar-refractivity contribution is -0.141. The molecule has 0 bridgehead atoms. The Morgan fingerprint density at radius 2 is 1.83 bits per heavy atom. The molecule has 0 spiro atoms. The molecule has 0 atom stereocenters. The molecule has 0 amide bonds. The minimum absolute atomic E-state index is 0.0354. The molecule has 0 saturated carbocycles. The first kappa shape index (κ1) is 19.7. The first-order valence-corrected chi connectivity index (χ1v) is 9.05. The molecule has 0 unspecified atom stereocenters. The summed E-state index contributed by atoms with van der Waals surface area (Å²) in [7, 11) is 1.89. The van der Waals surface area contributed by atoms with Crippen molar-refractivity contribution in [2.75, 3.05) is 18.5 Å². The molecule has 0 saturated heterocycles. The molecule has 2 aromatic heterocycles. The zero-order chi connectivity index (χ0) is 21.3. The summed E-state index contributed by atoms with van der Waals surface area (Å²) in [4.78, 5) is 21.2. The van der Waals surface area contributed by atoms with E-state index in [4.69, 9.17) is 9.47 Å². The van der Waals surface area contributed by atoms with Crippen LogP contribution in [0, 0.1) is 0 Å². The summed E-state index contributed by atoms with van der Waals surface area (Å²) in [5.74, 6) is 1.39. The molecule has 3 heterocycles. The number of hydrogen-bond donors (Lipinski definition) is 0. The van der Waals surface area contributed by atoms with Crippen LogP contribution >= 0.6 is 0 Å². The van der Waals surface area contributed by atoms with E-state index in [0.29, 0.717) is 12.3 Å². The van der Waals surface area contributed by atoms with E-state index in [0.717, 1.165) is 30.2 Å². The van der Waals surface area contributed by atoms with E-state index < -0.39 is 11.9 Å². The summed E-state index contributed by atoms with van der Waals surface area (Å²) < 4.78 is 50.9. The zero-order valence-electron chi connectivity index (χ0n) is 15.9. The van der Waals surface area contributed by atoms with Gasteiger partial charge in [-0.3, -0.25) is 9.55 Å². The Bertz CT molecular complexity index is 1110. The summed E-state index contributed by atoms with van der Waals surface area (Å²) in [6.07, 6.45) is -3.49. The van der Waals surface area contributed by atoms with Crippen LogP contribution in [0.2, 0.25) is 0 Å². The van der Waals surface area contributed by atoms with Gasteiger partial charge in [0.15, 0.2) is 0 Å². The lowest BCUT2D eigenvalue weighted by Gasteiger charge is -2.12. The molecule has 10 heteroatoms. The van der Waals surface area contributed by atoms with E-state index in [9.17, 15) is 18.0 Å². The first-order valence-electron chi connectivity index (χ1n) is 9.05. The molecule has 0 N–H and O–H groups in total. The van der Waals surface area contributed by atoms with Crippen LogP contribution < -0.4 is 20.1 Å². The van der Waals surface area contributed by atoms with E-state index in [1.807, 2.05) is 11.9 Å². The van der Waals surface area contributed by atoms with Crippen molar-refractivity contribution in [3.05, 3.63) is 70.4 Å². The SMILES string of the molecule is CN1CCn2c1cc(OCc1ccc(Oc3ccnc(C(F)(F)F)c3)cc1)nc2=O. The number of benzene rings is 1. The Labute approximate surface area is 169 Å². The molecular formula is C20H17F3N4O3. The number of anilines is 1. The number of pyridine rings is 1. The van der Waals surface area contributed by atoms with Crippen LogP contribution in [-0.4, -0.2) is 28.1 Å². The minimum atomic E-state index is -4.54. The zero-order valence-corrected chi connectivity index (χ0v) is 15.9. The lowest BCUT2D eigenvalue weighted by atomic mass is 10.2. The molecule has 0 aliphatic carbocycles. The van der Waals surface area contributed by atoms with Gasteiger partial charge in [-0.05, 0) is 23.8 Å². The molecule has 1 aliphatic rings. The van der Waals surface area contributed by atoms with Gasteiger partial charge in [0.2, 0.25) is 5.88 Å². The lowest BCUT2D eigenvalue weighted by Crippen LogP contribution is -2.22. The van der Waals surface area contributed by atoms with E-state index in [-0.39, 0.29) is 23.9 Å². The van der Waals surface area contributed by atoms with Crippen molar-refractivity contribution in [3.8, 4) is 17.4 Å². The van der Waals surface area contributed by atoms with Gasteiger partial charge in [0.05, 0.1) is 0 Å². The summed E-state index contributed by atoms with van der Waals surface area (Å²) in [6, 6.07) is 10.6. The largest absolute Gasteiger partial charge is 0.473 e. The monoisotopic (exact) mass is 418 g/mol. The number of halogens is 3. The number of fused-ring (bicyclic) bond motifs is 1. The van der Waals surface area contributed by atoms with Crippen LogP contribution in [0.15, 0.2) is 53.5 Å². The van der Waals surface area contributed by atoms with Gasteiger partial charge in [0.1, 0.15) is 29.6 Å². The highest BCUT2D eigenvalue weighted by atomic mass is 19.4. The number of aromatic nitrogens is 3. The van der Waals surface area contributed by atoms with Gasteiger partial charge in [-0.2, -0.15) is 18.2 Å². The predicted molar refractivity (Wildman–Crippen MR) is 102 cm³/mol. The van der Waals surface area contributed by atoms with Crippen LogP contribution in [0.1, 0.15) is 11.3 Å². The van der Waals surface area contributed by atoms with Crippen LogP contribution in [0.25, 0.3) is 0 Å². The smallest absolute Gasteiger partial charge is 0.433 e. The number of alkyl halides is 3. The number of rotatable bonds is 5. The average Bonchev–Trinajstić information content (AvgIpc) is 3.08. The van der Waals surface area contributed by atoms with E-state index >= 15 is 0 Å². The molecule has 4 rings (SSSR count). The van der Waals surface area contributed by atoms with Crippen molar-refractivity contribution in [1.82, 2.24) is 14.5 Å². The third-order valence-electron chi connectivity index (χ3n) is 4.58. The van der Waals surface area contributed by atoms with Crippen molar-refractivity contribution < 1.29 is 22.6 Å². The topological polar surface area (TPSA) is 69.5 Å². The molecule has 1 aliphatic heterocycles. The Hall–Kier alpha value is -3.56. The van der Waals surface area contributed by atoms with Gasteiger partial charge in [-0.15, -0.1) is 0 Å². The van der Waals surface area contributed by atoms with Crippen molar-refractivity contribution in [3.63, 3.8) is 0 Å². The average molecular weight is 418 g/mol. The maximum Gasteiger partial charge on any atom is 0.433 e. The van der Waals surface area contributed by atoms with Gasteiger partial charge in [-0.25, -0.2) is 4.79 Å². The van der Waals surface area contributed by atoms with Crippen molar-refractivity contribution in [2.45, 2.75) is 19.3 Å². The normalized spacial score (nSPS) is 13.3. The van der Waals surface area contributed by atoms with Gasteiger partial charge < -0.3 is 14.4 Å². The van der Waals surface area contributed by atoms with Gasteiger partial charge in [0, 0.05) is 38.5 Å². The standard InChI is InChI=1S/C20H17F3N4O3/c1-26-8-9-27-18(26)11-17(25-19(27)28)29-12-13-2-4-14(5-3-13)30-15-6-7-24-16(10-15)20(21,22)23/h2-7,10-11H,8-9,12H2,1H3. The van der Waals surface area contributed by atoms with Crippen molar-refractivity contribution in [1.29, 1.82) is 0 Å². The highest BCUT2D eigenvalue weighted by molar-refractivity contribution is 5.44. The predicted octanol–water partition coefficient (Wildman–Crippen LogP) is 3.48. The Balaban J connectivity index is 1.41. The number of ether oxygens (including phenoxy) is 2. The number of hydrogen-bond acceptors (Lipinski definition) is 6. The fourth-order valence-electron chi connectivity index (χ4n) is 3.01. The van der Waals surface area contributed by atoms with Crippen LogP contribution in [0.4, 0.5) is 19.0 Å². The highest BCUT2D eigenvalue weighted by Gasteiger charge is 2.32. The molecule has 0 radical (unpaired) electrons. The molecule has 30 heavy (non-hydrogen) atoms. The van der Waals surface area contributed by atoms with Gasteiger partial charge in [-0.1, -0.05) is 12.1 Å². The highest BCUT2D eigenvalue weighted by Crippen LogP contribution is 2.31. The Kier molecular flexibility index (Phi) is 5.06. The fourth-order valence-corrected chi connectivity index (χ4v) is 3.01. The molecular weight excluding hydrogens is 401 g/mol. The summed E-state index contributed by atoms with van der Waals surface area (Å²) >= 11 is 0. The maximum atomic E-state index is 12.7. The number of nitrogens with zero attached hydrogens (tertiary/aromatic N) is 4. The van der Waals surface area contributed by atoms with Gasteiger partial charge >= 0.3 is 11.9 Å². The quantitative estimate of drug-likeness (QED) is 0.632. The second-order valence-corrected chi connectivity index (χ2v) is 6.72. The van der Waals surface area contributed by atoms with Crippen molar-refractivity contribution >= 4 is 5.82 Å². The second-order valence-electron chi connectivity index (χ2n) is 6.72. The fraction of sp³-hybridized carbons (Fsp3) is 0.250. The molecule has 0 fully saturated rings. The number of likely N-dealkylation sites (N-methyl/N-ethyl adjacent to an activating group) is 1. The van der Waals surface area contributed by atoms with Crippen molar-refractivity contribution in [2.24, 2.45) is 0 Å². The summed E-state index contributed by atoms with van der Waals surface area (Å²) in [6.45, 7) is 1.51. The Morgan fingerprint density at radius 1 is 1.07 bits per heavy atom. The van der Waals surface area contributed by atoms with Crippen LogP contribution in [-0.2, 0) is 19.3 Å². The molecule has 1 aromatic carbocycles. The molecule has 156 valence electrons. The minimum Gasteiger partial charge on any atom is -0.473 e. The molecule has 7 nitrogen and oxygen atoms in total. The first-order chi connectivity index (χ1) is 14.3. The van der Waals surface area contributed by atoms with Crippen LogP contribution in [0.3, 0.4) is 0 Å². The Morgan fingerprint density at radius 3 is 2.57 bits per heavy atom. The van der Waals surface area contributed by atoms with Crippen LogP contribution in [0.5, 0.6) is 17.4 Å². The van der Waals surface area contributed by atoms with E-state index in [1.165, 1.54) is 6.07 Å². The maximum absolute atomic E-state index is 12.7. The third kappa shape index (κ3) is 4.22. The second kappa shape index (κ2) is 7.69. The summed E-state index contributed by atoms with van der Waals surface area (Å²) in [5, 5.41) is 0. The van der Waals surface area contributed by atoms with E-state index in [1.54, 1.807) is 34.9 Å². The van der Waals surface area contributed by atoms with E-state index in [2.05, 4.69) is 9.97 Å². The van der Waals surface area contributed by atoms with Gasteiger partial charge in [0.25, 0.3) is 0 Å². The summed E-state index contributed by atoms with van der Waals surface area (Å²) in [5.41, 5.74) is -0.594.